The molecule has 22 heteroatoms. The molecule has 6 aromatic rings. The van der Waals surface area contributed by atoms with E-state index in [4.69, 9.17) is 28.4 Å². The summed E-state index contributed by atoms with van der Waals surface area (Å²) >= 11 is 0. The predicted molar refractivity (Wildman–Crippen MR) is 285 cm³/mol. The van der Waals surface area contributed by atoms with E-state index in [2.05, 4.69) is 30.4 Å². The Morgan fingerprint density at radius 2 is 0.813 bits per heavy atom. The third-order valence-corrected chi connectivity index (χ3v) is 18.2. The van der Waals surface area contributed by atoms with E-state index in [1.54, 1.807) is 95.8 Å². The van der Waals surface area contributed by atoms with Crippen molar-refractivity contribution in [2.75, 3.05) is 42.7 Å². The van der Waals surface area contributed by atoms with Gasteiger partial charge in [0.15, 0.2) is 43.0 Å². The van der Waals surface area contributed by atoms with Crippen molar-refractivity contribution >= 4 is 19.7 Å². The Morgan fingerprint density at radius 3 is 1.12 bits per heavy atom. The highest BCUT2D eigenvalue weighted by atomic mass is 32.2. The van der Waals surface area contributed by atoms with Crippen molar-refractivity contribution in [3.8, 4) is 69.2 Å². The highest BCUT2D eigenvalue weighted by Gasteiger charge is 2.38. The first-order chi connectivity index (χ1) is 35.6. The quantitative estimate of drug-likeness (QED) is 0.0738. The molecular formula is C53H72N8O12S2. The number of rotatable bonds is 20. The van der Waals surface area contributed by atoms with E-state index in [0.717, 1.165) is 64.2 Å². The van der Waals surface area contributed by atoms with Crippen LogP contribution in [0.25, 0.3) is 34.4 Å². The summed E-state index contributed by atoms with van der Waals surface area (Å²) in [5.74, 6) is 2.50. The van der Waals surface area contributed by atoms with Crippen LogP contribution in [0, 0.1) is 11.8 Å². The lowest BCUT2D eigenvalue weighted by Gasteiger charge is -2.30. The monoisotopic (exact) mass is 1080 g/mol. The van der Waals surface area contributed by atoms with Crippen LogP contribution in [0.3, 0.4) is 0 Å². The molecule has 0 bridgehead atoms. The number of para-hydroxylation sites is 2. The van der Waals surface area contributed by atoms with Crippen molar-refractivity contribution in [1.82, 2.24) is 39.5 Å². The van der Waals surface area contributed by atoms with Crippen LogP contribution in [0.15, 0.2) is 72.8 Å². The lowest BCUT2D eigenvalue weighted by Crippen LogP contribution is -2.39. The first-order valence-electron chi connectivity index (χ1n) is 24.7. The number of methoxy groups -OCH3 is 6. The third-order valence-electron chi connectivity index (χ3n) is 14.1. The summed E-state index contributed by atoms with van der Waals surface area (Å²) in [6.07, 6.45) is 7.72. The topological polar surface area (TPSA) is 251 Å². The summed E-state index contributed by atoms with van der Waals surface area (Å²) in [5, 5.41) is 37.2. The zero-order chi connectivity index (χ0) is 53.2. The zero-order valence-electron chi connectivity index (χ0n) is 43.2. The fraction of sp³-hybridized carbons (Fsp3) is 0.509. The SMILES string of the molecule is C.COc1cccc(-c2nnc(CS(=O)(=O)[C@@H](C)[C@H](O)C3CCCCC3)n2-c2c(OC)cccc2OC)n1.COc1cccc(-c2nnc(CS(=O)(=O)[C@@H](C)[C@H](O)C3CCCCC3)n2-c2c(OC)cccc2OC)n1. The van der Waals surface area contributed by atoms with E-state index >= 15 is 0 Å². The average Bonchev–Trinajstić information content (AvgIpc) is 4.05. The fourth-order valence-electron chi connectivity index (χ4n) is 9.80. The van der Waals surface area contributed by atoms with Gasteiger partial charge in [-0.3, -0.25) is 9.13 Å². The summed E-state index contributed by atoms with van der Waals surface area (Å²) in [4.78, 5) is 8.95. The normalized spacial score (nSPS) is 16.0. The molecule has 20 nitrogen and oxygen atoms in total. The first-order valence-corrected chi connectivity index (χ1v) is 28.2. The third kappa shape index (κ3) is 13.0. The second kappa shape index (κ2) is 25.9. The van der Waals surface area contributed by atoms with Crippen molar-refractivity contribution in [2.24, 2.45) is 11.8 Å². The molecular weight excluding hydrogens is 1000 g/mol. The Balaban J connectivity index is 0.000000241. The van der Waals surface area contributed by atoms with E-state index in [0.29, 0.717) is 69.2 Å². The standard InChI is InChI=1S/2C26H34N4O6S.CH4/c2*1-17(25(31)18-10-6-5-7-11-18)37(32,33)16-22-28-29-26(19-12-8-15-23(27-19)36-4)30(22)24-20(34-2)13-9-14-21(24)35-3;/h2*8-9,12-15,17-18,25,31H,5-7,10-11,16H2,1-4H3;1H4/t2*17-,25-;/m00./s1. The number of pyridine rings is 2. The maximum Gasteiger partial charge on any atom is 0.213 e. The van der Waals surface area contributed by atoms with E-state index in [-0.39, 0.29) is 30.9 Å². The van der Waals surface area contributed by atoms with Gasteiger partial charge in [-0.25, -0.2) is 26.8 Å². The molecule has 4 heterocycles. The number of aromatic nitrogens is 8. The molecule has 0 aliphatic heterocycles. The van der Waals surface area contributed by atoms with Crippen molar-refractivity contribution < 1.29 is 55.5 Å². The molecule has 2 aliphatic rings. The van der Waals surface area contributed by atoms with Gasteiger partial charge < -0.3 is 38.6 Å². The van der Waals surface area contributed by atoms with Crippen molar-refractivity contribution in [1.29, 1.82) is 0 Å². The van der Waals surface area contributed by atoms with Crippen LogP contribution in [0.4, 0.5) is 0 Å². The van der Waals surface area contributed by atoms with E-state index in [1.165, 1.54) is 42.7 Å². The highest BCUT2D eigenvalue weighted by Crippen LogP contribution is 2.40. The predicted octanol–water partition coefficient (Wildman–Crippen LogP) is 7.84. The van der Waals surface area contributed by atoms with Crippen LogP contribution in [0.2, 0.25) is 0 Å². The maximum atomic E-state index is 13.6. The highest BCUT2D eigenvalue weighted by molar-refractivity contribution is 7.91. The lowest BCUT2D eigenvalue weighted by atomic mass is 9.84. The van der Waals surface area contributed by atoms with Gasteiger partial charge in [-0.2, -0.15) is 0 Å². The minimum absolute atomic E-state index is 0. The minimum atomic E-state index is -3.81. The van der Waals surface area contributed by atoms with Crippen molar-refractivity contribution in [3.05, 3.63) is 84.4 Å². The molecule has 2 aromatic carbocycles. The van der Waals surface area contributed by atoms with Crippen LogP contribution in [0.5, 0.6) is 34.8 Å². The lowest BCUT2D eigenvalue weighted by molar-refractivity contribution is 0.0837. The van der Waals surface area contributed by atoms with Crippen LogP contribution < -0.4 is 28.4 Å². The minimum Gasteiger partial charge on any atom is -0.494 e. The number of sulfone groups is 2. The van der Waals surface area contributed by atoms with Gasteiger partial charge in [-0.15, -0.1) is 20.4 Å². The molecule has 0 spiro atoms. The van der Waals surface area contributed by atoms with Gasteiger partial charge in [0.1, 0.15) is 57.3 Å². The molecule has 0 unspecified atom stereocenters. The molecule has 0 amide bonds. The van der Waals surface area contributed by atoms with Gasteiger partial charge in [0.05, 0.1) is 65.4 Å². The molecule has 2 fully saturated rings. The van der Waals surface area contributed by atoms with Crippen molar-refractivity contribution in [3.63, 3.8) is 0 Å². The summed E-state index contributed by atoms with van der Waals surface area (Å²) in [7, 11) is 1.47. The largest absolute Gasteiger partial charge is 0.494 e. The molecule has 0 saturated heterocycles. The molecule has 408 valence electrons. The number of aliphatic hydroxyl groups excluding tert-OH is 2. The van der Waals surface area contributed by atoms with E-state index < -0.39 is 53.9 Å². The fourth-order valence-corrected chi connectivity index (χ4v) is 12.7. The van der Waals surface area contributed by atoms with Crippen LogP contribution in [0.1, 0.15) is 97.1 Å². The van der Waals surface area contributed by atoms with Gasteiger partial charge in [0, 0.05) is 12.1 Å². The van der Waals surface area contributed by atoms with Gasteiger partial charge in [-0.05, 0) is 87.8 Å². The molecule has 0 radical (unpaired) electrons. The van der Waals surface area contributed by atoms with E-state index in [9.17, 15) is 27.0 Å². The number of benzene rings is 2. The number of ether oxygens (including phenoxy) is 6. The Bertz CT molecular complexity index is 2800. The van der Waals surface area contributed by atoms with Gasteiger partial charge in [-0.1, -0.05) is 70.2 Å². The Morgan fingerprint density at radius 1 is 0.493 bits per heavy atom. The summed E-state index contributed by atoms with van der Waals surface area (Å²) in [5.41, 5.74) is 1.75. The van der Waals surface area contributed by atoms with Crippen LogP contribution in [-0.4, -0.2) is 132 Å². The van der Waals surface area contributed by atoms with Crippen LogP contribution in [-0.2, 0) is 31.2 Å². The molecule has 75 heavy (non-hydrogen) atoms. The van der Waals surface area contributed by atoms with Gasteiger partial charge in [0.2, 0.25) is 11.8 Å². The van der Waals surface area contributed by atoms with E-state index in [1.807, 2.05) is 0 Å². The molecule has 2 N–H and O–H groups in total. The van der Waals surface area contributed by atoms with Gasteiger partial charge >= 0.3 is 0 Å². The Kier molecular flexibility index (Phi) is 20.0. The molecule has 4 atom stereocenters. The smallest absolute Gasteiger partial charge is 0.213 e. The van der Waals surface area contributed by atoms with Crippen LogP contribution >= 0.6 is 0 Å². The summed E-state index contributed by atoms with van der Waals surface area (Å²) < 4.78 is 90.5. The van der Waals surface area contributed by atoms with Gasteiger partial charge in [0.25, 0.3) is 0 Å². The first kappa shape index (κ1) is 57.9. The summed E-state index contributed by atoms with van der Waals surface area (Å²) in [6.45, 7) is 3.15. The Labute approximate surface area is 440 Å². The van der Waals surface area contributed by atoms with Crippen molar-refractivity contribution in [2.45, 2.75) is 120 Å². The number of nitrogens with zero attached hydrogens (tertiary/aromatic N) is 8. The average molecular weight is 1080 g/mol. The number of hydrogen-bond acceptors (Lipinski definition) is 18. The number of hydrogen-bond donors (Lipinski definition) is 2. The maximum absolute atomic E-state index is 13.6. The summed E-state index contributed by atoms with van der Waals surface area (Å²) in [6, 6.07) is 20.9. The second-order valence-electron chi connectivity index (χ2n) is 18.5. The molecule has 8 rings (SSSR count). The molecule has 2 saturated carbocycles. The zero-order valence-corrected chi connectivity index (χ0v) is 44.9. The Hall–Kier alpha value is -6.36. The number of aliphatic hydroxyl groups is 2. The second-order valence-corrected chi connectivity index (χ2v) is 23.2. The molecule has 2 aliphatic carbocycles. The molecule has 4 aromatic heterocycles.